The molecule has 7 heteroatoms. The van der Waals surface area contributed by atoms with Gasteiger partial charge in [-0.05, 0) is 51.8 Å². The van der Waals surface area contributed by atoms with Gasteiger partial charge in [0.05, 0.1) is 5.56 Å². The molecule has 1 aliphatic rings. The maximum absolute atomic E-state index is 12.6. The first-order valence-electron chi connectivity index (χ1n) is 10.3. The number of hydrogen-bond acceptors (Lipinski definition) is 7. The van der Waals surface area contributed by atoms with Crippen LogP contribution >= 0.6 is 0 Å². The summed E-state index contributed by atoms with van der Waals surface area (Å²) in [5, 5.41) is 0.636. The lowest BCUT2D eigenvalue weighted by Crippen LogP contribution is -2.52. The van der Waals surface area contributed by atoms with E-state index in [1.165, 1.54) is 12.1 Å². The summed E-state index contributed by atoms with van der Waals surface area (Å²) in [6.45, 7) is 10.9. The Morgan fingerprint density at radius 3 is 2.45 bits per heavy atom. The van der Waals surface area contributed by atoms with Crippen LogP contribution < -0.4 is 10.4 Å². The topological polar surface area (TPSA) is 92.0 Å². The van der Waals surface area contributed by atoms with E-state index in [9.17, 15) is 14.4 Å². The van der Waals surface area contributed by atoms with Gasteiger partial charge in [-0.1, -0.05) is 19.4 Å². The third-order valence-corrected chi connectivity index (χ3v) is 4.89. The van der Waals surface area contributed by atoms with Gasteiger partial charge in [0.25, 0.3) is 0 Å². The smallest absolute Gasteiger partial charge is 0.336 e. The van der Waals surface area contributed by atoms with Crippen molar-refractivity contribution in [2.24, 2.45) is 5.92 Å². The zero-order chi connectivity index (χ0) is 22.9. The summed E-state index contributed by atoms with van der Waals surface area (Å²) < 4.78 is 23.2. The van der Waals surface area contributed by atoms with E-state index in [0.717, 1.165) is 5.57 Å². The summed E-state index contributed by atoms with van der Waals surface area (Å²) >= 11 is 0. The second-order valence-corrected chi connectivity index (χ2v) is 8.94. The van der Waals surface area contributed by atoms with E-state index in [1.807, 2.05) is 13.8 Å². The SMILES string of the molecule is CC(C)=CC(=O)O[C@H]1c2c(ccc3ccc(=O)oc23)OC(C)(C)[C@@H]1OC(=O)CC(C)C. The number of carbonyl (C=O) groups excluding carboxylic acids is 2. The quantitative estimate of drug-likeness (QED) is 0.394. The number of allylic oxidation sites excluding steroid dienone is 1. The Hall–Kier alpha value is -3.09. The van der Waals surface area contributed by atoms with Crippen LogP contribution in [0.4, 0.5) is 0 Å². The van der Waals surface area contributed by atoms with Crippen LogP contribution in [0.2, 0.25) is 0 Å². The predicted molar refractivity (Wildman–Crippen MR) is 115 cm³/mol. The molecular weight excluding hydrogens is 400 g/mol. The van der Waals surface area contributed by atoms with Gasteiger partial charge in [0.15, 0.2) is 12.2 Å². The third kappa shape index (κ3) is 4.98. The lowest BCUT2D eigenvalue weighted by Gasteiger charge is -2.43. The number of esters is 2. The van der Waals surface area contributed by atoms with Crippen LogP contribution in [0.25, 0.3) is 11.0 Å². The van der Waals surface area contributed by atoms with E-state index < -0.39 is 35.4 Å². The van der Waals surface area contributed by atoms with Gasteiger partial charge in [-0.2, -0.15) is 0 Å². The summed E-state index contributed by atoms with van der Waals surface area (Å²) in [5.41, 5.74) is -0.186. The molecular formula is C24H28O7. The van der Waals surface area contributed by atoms with Gasteiger partial charge in [-0.25, -0.2) is 9.59 Å². The number of rotatable bonds is 5. The molecule has 0 spiro atoms. The molecule has 2 atom stereocenters. The van der Waals surface area contributed by atoms with E-state index in [4.69, 9.17) is 18.6 Å². The summed E-state index contributed by atoms with van der Waals surface area (Å²) in [5.74, 6) is -0.519. The minimum Gasteiger partial charge on any atom is -0.483 e. The first kappa shape index (κ1) is 22.6. The second-order valence-electron chi connectivity index (χ2n) is 8.94. The lowest BCUT2D eigenvalue weighted by molar-refractivity contribution is -0.188. The van der Waals surface area contributed by atoms with Crippen LogP contribution in [0.15, 0.2) is 45.1 Å². The number of fused-ring (bicyclic) bond motifs is 3. The van der Waals surface area contributed by atoms with Crippen molar-refractivity contribution in [2.45, 2.75) is 65.8 Å². The van der Waals surface area contributed by atoms with E-state index in [1.54, 1.807) is 45.9 Å². The van der Waals surface area contributed by atoms with Crippen molar-refractivity contribution in [1.29, 1.82) is 0 Å². The highest BCUT2D eigenvalue weighted by Gasteiger charge is 2.50. The standard InChI is InChI=1S/C24H28O7/c1-13(2)11-18(26)29-22-20-16(9-7-15-8-10-17(25)28-21(15)20)31-24(5,6)23(22)30-19(27)12-14(3)4/h7-11,14,22-23H,12H2,1-6H3/t22-,23+/m0/s1. The zero-order valence-corrected chi connectivity index (χ0v) is 18.7. The fourth-order valence-electron chi connectivity index (χ4n) is 3.59. The van der Waals surface area contributed by atoms with E-state index in [-0.39, 0.29) is 17.9 Å². The van der Waals surface area contributed by atoms with Crippen LogP contribution in [0.3, 0.4) is 0 Å². The lowest BCUT2D eigenvalue weighted by atomic mass is 9.87. The van der Waals surface area contributed by atoms with Crippen molar-refractivity contribution in [3.63, 3.8) is 0 Å². The summed E-state index contributed by atoms with van der Waals surface area (Å²) in [7, 11) is 0. The molecule has 1 aromatic heterocycles. The monoisotopic (exact) mass is 428 g/mol. The second kappa shape index (κ2) is 8.57. The van der Waals surface area contributed by atoms with Crippen molar-refractivity contribution < 1.29 is 28.2 Å². The normalized spacial score (nSPS) is 19.3. The Morgan fingerprint density at radius 2 is 1.81 bits per heavy atom. The van der Waals surface area contributed by atoms with Crippen molar-refractivity contribution in [1.82, 2.24) is 0 Å². The molecule has 0 bridgehead atoms. The Bertz CT molecular complexity index is 1090. The highest BCUT2D eigenvalue weighted by atomic mass is 16.6. The number of benzene rings is 1. The molecule has 0 saturated carbocycles. The molecule has 2 heterocycles. The van der Waals surface area contributed by atoms with Gasteiger partial charge in [0.1, 0.15) is 16.9 Å². The largest absolute Gasteiger partial charge is 0.483 e. The van der Waals surface area contributed by atoms with Crippen molar-refractivity contribution in [3.8, 4) is 5.75 Å². The molecule has 0 fully saturated rings. The predicted octanol–water partition coefficient (Wildman–Crippen LogP) is 4.47. The maximum Gasteiger partial charge on any atom is 0.336 e. The molecule has 3 rings (SSSR count). The molecule has 0 aliphatic carbocycles. The van der Waals surface area contributed by atoms with E-state index >= 15 is 0 Å². The summed E-state index contributed by atoms with van der Waals surface area (Å²) in [6.07, 6.45) is -0.404. The van der Waals surface area contributed by atoms with E-state index in [2.05, 4.69) is 0 Å². The van der Waals surface area contributed by atoms with Gasteiger partial charge in [-0.3, -0.25) is 4.79 Å². The molecule has 0 saturated heterocycles. The van der Waals surface area contributed by atoms with Gasteiger partial charge < -0.3 is 18.6 Å². The molecule has 1 aliphatic heterocycles. The molecule has 0 N–H and O–H groups in total. The molecule has 166 valence electrons. The molecule has 0 radical (unpaired) electrons. The number of carbonyl (C=O) groups is 2. The van der Waals surface area contributed by atoms with Crippen LogP contribution in [0, 0.1) is 5.92 Å². The molecule has 7 nitrogen and oxygen atoms in total. The average molecular weight is 428 g/mol. The third-order valence-electron chi connectivity index (χ3n) is 4.89. The summed E-state index contributed by atoms with van der Waals surface area (Å²) in [6, 6.07) is 6.42. The highest BCUT2D eigenvalue weighted by Crippen LogP contribution is 2.46. The zero-order valence-electron chi connectivity index (χ0n) is 18.7. The van der Waals surface area contributed by atoms with Crippen LogP contribution in [-0.2, 0) is 19.1 Å². The highest BCUT2D eigenvalue weighted by molar-refractivity contribution is 5.86. The van der Waals surface area contributed by atoms with Gasteiger partial charge in [-0.15, -0.1) is 0 Å². The Labute approximate surface area is 181 Å². The molecule has 2 aromatic rings. The van der Waals surface area contributed by atoms with Gasteiger partial charge in [0, 0.05) is 23.9 Å². The molecule has 0 amide bonds. The first-order chi connectivity index (χ1) is 14.5. The summed E-state index contributed by atoms with van der Waals surface area (Å²) in [4.78, 5) is 37.1. The number of hydrogen-bond donors (Lipinski definition) is 0. The average Bonchev–Trinajstić information content (AvgIpc) is 2.62. The fraction of sp³-hybridized carbons (Fsp3) is 0.458. The van der Waals surface area contributed by atoms with Crippen LogP contribution in [-0.4, -0.2) is 23.6 Å². The van der Waals surface area contributed by atoms with Crippen molar-refractivity contribution in [3.05, 3.63) is 51.9 Å². The molecule has 0 unspecified atom stereocenters. The first-order valence-corrected chi connectivity index (χ1v) is 10.3. The van der Waals surface area contributed by atoms with Crippen molar-refractivity contribution in [2.75, 3.05) is 0 Å². The van der Waals surface area contributed by atoms with Crippen LogP contribution in [0.5, 0.6) is 5.75 Å². The Balaban J connectivity index is 2.17. The Kier molecular flexibility index (Phi) is 6.25. The van der Waals surface area contributed by atoms with Gasteiger partial charge in [0.2, 0.25) is 0 Å². The number of ether oxygens (including phenoxy) is 3. The minimum absolute atomic E-state index is 0.0953. The van der Waals surface area contributed by atoms with Gasteiger partial charge >= 0.3 is 17.6 Å². The Morgan fingerprint density at radius 1 is 1.13 bits per heavy atom. The molecule has 1 aromatic carbocycles. The molecule has 31 heavy (non-hydrogen) atoms. The maximum atomic E-state index is 12.6. The fourth-order valence-corrected chi connectivity index (χ4v) is 3.59. The van der Waals surface area contributed by atoms with Crippen LogP contribution in [0.1, 0.15) is 59.6 Å². The van der Waals surface area contributed by atoms with E-state index in [0.29, 0.717) is 16.7 Å². The minimum atomic E-state index is -1.02. The van der Waals surface area contributed by atoms with Crippen molar-refractivity contribution >= 4 is 22.9 Å².